The summed E-state index contributed by atoms with van der Waals surface area (Å²) in [6.07, 6.45) is -1.56. The Kier molecular flexibility index (Phi) is 5.75. The number of amides is 3. The van der Waals surface area contributed by atoms with Gasteiger partial charge in [0.05, 0.1) is 22.3 Å². The van der Waals surface area contributed by atoms with Gasteiger partial charge in [-0.15, -0.1) is 0 Å². The van der Waals surface area contributed by atoms with E-state index >= 15 is 0 Å². The van der Waals surface area contributed by atoms with Crippen LogP contribution in [-0.2, 0) is 11.0 Å². The van der Waals surface area contributed by atoms with Crippen molar-refractivity contribution >= 4 is 46.0 Å². The highest BCUT2D eigenvalue weighted by atomic mass is 19.4. The smallest absolute Gasteiger partial charge is 0.382 e. The maximum Gasteiger partial charge on any atom is 0.416 e. The first kappa shape index (κ1) is 22.5. The highest BCUT2D eigenvalue weighted by molar-refractivity contribution is 6.04. The van der Waals surface area contributed by atoms with E-state index in [0.29, 0.717) is 16.6 Å². The highest BCUT2D eigenvalue weighted by Gasteiger charge is 2.31. The van der Waals surface area contributed by atoms with E-state index in [1.807, 2.05) is 0 Å². The van der Waals surface area contributed by atoms with Crippen LogP contribution in [0.3, 0.4) is 0 Å². The average Bonchev–Trinajstić information content (AvgIpc) is 3.15. The van der Waals surface area contributed by atoms with Gasteiger partial charge in [-0.3, -0.25) is 15.2 Å². The number of aromatic amines is 1. The molecule has 0 aliphatic rings. The Bertz CT molecular complexity index is 1380. The van der Waals surface area contributed by atoms with Gasteiger partial charge in [0.1, 0.15) is 5.82 Å². The fourth-order valence-electron chi connectivity index (χ4n) is 3.24. The minimum atomic E-state index is -4.63. The molecule has 0 spiro atoms. The molecule has 0 saturated carbocycles. The fourth-order valence-corrected chi connectivity index (χ4v) is 3.24. The molecule has 0 atom stereocenters. The number of hydrogen-bond donors (Lipinski definition) is 5. The van der Waals surface area contributed by atoms with Crippen molar-refractivity contribution in [2.75, 3.05) is 21.7 Å². The number of nitrogen functional groups attached to an aromatic ring is 1. The molecule has 10 nitrogen and oxygen atoms in total. The van der Waals surface area contributed by atoms with Crippen LogP contribution in [0.4, 0.5) is 41.0 Å². The van der Waals surface area contributed by atoms with Gasteiger partial charge in [-0.1, -0.05) is 0 Å². The van der Waals surface area contributed by atoms with E-state index in [0.717, 1.165) is 23.8 Å². The molecule has 0 aliphatic carbocycles. The maximum atomic E-state index is 13.1. The number of nitrogens with two attached hydrogens (primary N) is 1. The molecule has 3 amide bonds. The average molecular weight is 470 g/mol. The van der Waals surface area contributed by atoms with Crippen molar-refractivity contribution in [2.45, 2.75) is 13.1 Å². The number of nitrogens with one attached hydrogen (secondary N) is 4. The summed E-state index contributed by atoms with van der Waals surface area (Å²) >= 11 is 0. The number of pyridine rings is 2. The summed E-state index contributed by atoms with van der Waals surface area (Å²) in [5.41, 5.74) is 6.61. The number of fused-ring (bicyclic) bond motifs is 1. The molecule has 0 aliphatic heterocycles. The fraction of sp³-hybridized carbons (Fsp3) is 0.0952. The molecular weight excluding hydrogens is 453 g/mol. The van der Waals surface area contributed by atoms with Crippen LogP contribution in [0.2, 0.25) is 0 Å². The van der Waals surface area contributed by atoms with Crippen LogP contribution in [0.1, 0.15) is 12.5 Å². The second kappa shape index (κ2) is 8.69. The third kappa shape index (κ3) is 4.72. The summed E-state index contributed by atoms with van der Waals surface area (Å²) in [7, 11) is 0. The predicted molar refractivity (Wildman–Crippen MR) is 120 cm³/mol. The number of alkyl halides is 3. The van der Waals surface area contributed by atoms with Gasteiger partial charge in [0.25, 0.3) is 0 Å². The summed E-state index contributed by atoms with van der Waals surface area (Å²) in [4.78, 5) is 32.1. The lowest BCUT2D eigenvalue weighted by molar-refractivity contribution is -0.137. The molecule has 34 heavy (non-hydrogen) atoms. The molecule has 0 fully saturated rings. The number of aromatic nitrogens is 4. The zero-order valence-electron chi connectivity index (χ0n) is 17.5. The summed E-state index contributed by atoms with van der Waals surface area (Å²) < 4.78 is 39.2. The molecule has 6 N–H and O–H groups in total. The lowest BCUT2D eigenvalue weighted by Crippen LogP contribution is -2.22. The van der Waals surface area contributed by atoms with Gasteiger partial charge in [0, 0.05) is 24.9 Å². The summed E-state index contributed by atoms with van der Waals surface area (Å²) in [6, 6.07) is 6.67. The van der Waals surface area contributed by atoms with Gasteiger partial charge < -0.3 is 16.4 Å². The van der Waals surface area contributed by atoms with E-state index in [2.05, 4.69) is 36.1 Å². The number of carbonyl (C=O) groups excluding carboxylic acids is 2. The molecule has 3 heterocycles. The minimum absolute atomic E-state index is 0.0124. The number of benzene rings is 1. The van der Waals surface area contributed by atoms with Crippen LogP contribution in [-0.4, -0.2) is 32.1 Å². The van der Waals surface area contributed by atoms with Crippen molar-refractivity contribution in [1.29, 1.82) is 0 Å². The van der Waals surface area contributed by atoms with Gasteiger partial charge in [-0.05, 0) is 42.0 Å². The Morgan fingerprint density at radius 2 is 1.79 bits per heavy atom. The van der Waals surface area contributed by atoms with Gasteiger partial charge in [-0.2, -0.15) is 18.3 Å². The maximum absolute atomic E-state index is 13.1. The summed E-state index contributed by atoms with van der Waals surface area (Å²) in [5, 5.41) is 14.4. The van der Waals surface area contributed by atoms with Crippen LogP contribution >= 0.6 is 0 Å². The number of hydrogen-bond acceptors (Lipinski definition) is 6. The Morgan fingerprint density at radius 1 is 1.00 bits per heavy atom. The first-order valence-electron chi connectivity index (χ1n) is 9.73. The van der Waals surface area contributed by atoms with Crippen LogP contribution < -0.4 is 21.7 Å². The monoisotopic (exact) mass is 470 g/mol. The van der Waals surface area contributed by atoms with Crippen LogP contribution in [0.15, 0.2) is 48.8 Å². The van der Waals surface area contributed by atoms with E-state index < -0.39 is 23.7 Å². The Labute approximate surface area is 189 Å². The molecule has 0 bridgehead atoms. The zero-order valence-corrected chi connectivity index (χ0v) is 17.5. The second-order valence-electron chi connectivity index (χ2n) is 7.14. The zero-order chi connectivity index (χ0) is 24.5. The first-order chi connectivity index (χ1) is 16.1. The molecule has 0 unspecified atom stereocenters. The topological polar surface area (TPSA) is 151 Å². The van der Waals surface area contributed by atoms with Gasteiger partial charge in [0.15, 0.2) is 11.5 Å². The number of urea groups is 1. The van der Waals surface area contributed by atoms with Gasteiger partial charge in [-0.25, -0.2) is 14.8 Å². The molecule has 4 rings (SSSR count). The Hall–Kier alpha value is -4.68. The third-order valence-corrected chi connectivity index (χ3v) is 4.71. The number of rotatable bonds is 4. The number of H-pyrrole nitrogens is 1. The number of anilines is 4. The van der Waals surface area contributed by atoms with Crippen molar-refractivity contribution < 1.29 is 22.8 Å². The lowest BCUT2D eigenvalue weighted by atomic mass is 10.1. The molecule has 1 aromatic carbocycles. The second-order valence-corrected chi connectivity index (χ2v) is 7.14. The molecule has 13 heteroatoms. The predicted octanol–water partition coefficient (Wildman–Crippen LogP) is 4.22. The SMILES string of the molecule is CC(=O)Nc1ccc(C(F)(F)F)cc1NC(=O)Nc1ccc(-c2ccnc3[nH]nc(N)c23)cn1. The largest absolute Gasteiger partial charge is 0.416 e. The van der Waals surface area contributed by atoms with Crippen LogP contribution in [0.25, 0.3) is 22.2 Å². The van der Waals surface area contributed by atoms with Gasteiger partial charge >= 0.3 is 12.2 Å². The van der Waals surface area contributed by atoms with Crippen molar-refractivity contribution in [3.63, 3.8) is 0 Å². The number of halogens is 3. The quantitative estimate of drug-likeness (QED) is 0.301. The van der Waals surface area contributed by atoms with E-state index in [1.165, 1.54) is 19.2 Å². The van der Waals surface area contributed by atoms with E-state index in [-0.39, 0.29) is 23.0 Å². The lowest BCUT2D eigenvalue weighted by Gasteiger charge is -2.15. The number of nitrogens with zero attached hydrogens (tertiary/aromatic N) is 3. The van der Waals surface area contributed by atoms with Gasteiger partial charge in [0.2, 0.25) is 5.91 Å². The minimum Gasteiger partial charge on any atom is -0.382 e. The van der Waals surface area contributed by atoms with Crippen molar-refractivity contribution in [3.8, 4) is 11.1 Å². The molecule has 174 valence electrons. The third-order valence-electron chi connectivity index (χ3n) is 4.71. The summed E-state index contributed by atoms with van der Waals surface area (Å²) in [6.45, 7) is 1.20. The molecule has 0 saturated heterocycles. The van der Waals surface area contributed by atoms with E-state index in [9.17, 15) is 22.8 Å². The summed E-state index contributed by atoms with van der Waals surface area (Å²) in [5.74, 6) is -0.0977. The van der Waals surface area contributed by atoms with Crippen molar-refractivity contribution in [3.05, 3.63) is 54.4 Å². The first-order valence-corrected chi connectivity index (χ1v) is 9.73. The Morgan fingerprint density at radius 3 is 2.47 bits per heavy atom. The van der Waals surface area contributed by atoms with Crippen molar-refractivity contribution in [2.24, 2.45) is 0 Å². The normalized spacial score (nSPS) is 11.3. The van der Waals surface area contributed by atoms with E-state index in [1.54, 1.807) is 18.3 Å². The number of carbonyl (C=O) groups is 2. The highest BCUT2D eigenvalue weighted by Crippen LogP contribution is 2.34. The molecule has 4 aromatic rings. The Balaban J connectivity index is 1.53. The van der Waals surface area contributed by atoms with Crippen molar-refractivity contribution in [1.82, 2.24) is 20.2 Å². The van der Waals surface area contributed by atoms with Crippen LogP contribution in [0.5, 0.6) is 0 Å². The van der Waals surface area contributed by atoms with Crippen LogP contribution in [0, 0.1) is 0 Å². The molecule has 0 radical (unpaired) electrons. The molecule has 3 aromatic heterocycles. The standard InChI is InChI=1S/C21H17F3N8O2/c1-10(33)28-14-4-3-12(21(22,23)24)8-15(14)29-20(34)30-16-5-2-11(9-27-16)13-6-7-26-19-17(13)18(25)31-32-19/h2-9H,1H3,(H,28,33)(H3,25,26,31,32)(H2,27,29,30,34). The van der Waals surface area contributed by atoms with E-state index in [4.69, 9.17) is 5.73 Å². The molecular formula is C21H17F3N8O2.